The van der Waals surface area contributed by atoms with Gasteiger partial charge in [-0.05, 0) is 30.6 Å². The van der Waals surface area contributed by atoms with Gasteiger partial charge in [-0.2, -0.15) is 4.80 Å². The molecule has 0 amide bonds. The van der Waals surface area contributed by atoms with Crippen molar-refractivity contribution in [3.8, 4) is 0 Å². The second-order valence-electron chi connectivity index (χ2n) is 4.47. The fourth-order valence-corrected chi connectivity index (χ4v) is 1.65. The highest BCUT2D eigenvalue weighted by Gasteiger charge is 2.10. The standard InChI is InChI=1S/C10H22N6/c1-9(2)7-16(6-4-5-11)8-10-12-14-15(3)13-10/h9H,4-8,11H2,1-3H3. The molecule has 0 aliphatic carbocycles. The molecule has 1 heterocycles. The Hall–Kier alpha value is -1.01. The van der Waals surface area contributed by atoms with Crippen molar-refractivity contribution in [3.05, 3.63) is 5.82 Å². The minimum absolute atomic E-state index is 0.634. The van der Waals surface area contributed by atoms with Gasteiger partial charge >= 0.3 is 0 Å². The summed E-state index contributed by atoms with van der Waals surface area (Å²) in [6.45, 7) is 7.93. The Morgan fingerprint density at radius 1 is 1.44 bits per heavy atom. The molecule has 6 heteroatoms. The zero-order chi connectivity index (χ0) is 12.0. The molecule has 0 bridgehead atoms. The van der Waals surface area contributed by atoms with Gasteiger partial charge in [-0.15, -0.1) is 10.2 Å². The van der Waals surface area contributed by atoms with Crippen LogP contribution in [0.2, 0.25) is 0 Å². The lowest BCUT2D eigenvalue weighted by molar-refractivity contribution is 0.229. The van der Waals surface area contributed by atoms with Crippen LogP contribution < -0.4 is 5.73 Å². The molecule has 92 valence electrons. The minimum Gasteiger partial charge on any atom is -0.330 e. The van der Waals surface area contributed by atoms with E-state index in [0.717, 1.165) is 38.4 Å². The average Bonchev–Trinajstić information content (AvgIpc) is 2.59. The van der Waals surface area contributed by atoms with E-state index in [4.69, 9.17) is 5.73 Å². The second-order valence-corrected chi connectivity index (χ2v) is 4.47. The molecule has 0 saturated carbocycles. The van der Waals surface area contributed by atoms with Gasteiger partial charge in [0.15, 0.2) is 5.82 Å². The van der Waals surface area contributed by atoms with E-state index in [1.165, 1.54) is 4.80 Å². The Morgan fingerprint density at radius 2 is 2.19 bits per heavy atom. The van der Waals surface area contributed by atoms with E-state index in [1.807, 2.05) is 0 Å². The maximum absolute atomic E-state index is 5.53. The second kappa shape index (κ2) is 6.55. The van der Waals surface area contributed by atoms with Crippen molar-refractivity contribution in [1.82, 2.24) is 25.1 Å². The van der Waals surface area contributed by atoms with E-state index < -0.39 is 0 Å². The molecule has 0 spiro atoms. The summed E-state index contributed by atoms with van der Waals surface area (Å²) < 4.78 is 0. The predicted octanol–water partition coefficient (Wildman–Crippen LogP) is 0.0169. The lowest BCUT2D eigenvalue weighted by atomic mass is 10.2. The number of aryl methyl sites for hydroxylation is 1. The molecule has 0 fully saturated rings. The Kier molecular flexibility index (Phi) is 5.34. The van der Waals surface area contributed by atoms with Crippen molar-refractivity contribution in [3.63, 3.8) is 0 Å². The maximum atomic E-state index is 5.53. The highest BCUT2D eigenvalue weighted by Crippen LogP contribution is 2.03. The summed E-state index contributed by atoms with van der Waals surface area (Å²) in [7, 11) is 1.78. The van der Waals surface area contributed by atoms with E-state index in [9.17, 15) is 0 Å². The van der Waals surface area contributed by atoms with Crippen LogP contribution in [0.25, 0.3) is 0 Å². The molecule has 0 unspecified atom stereocenters. The highest BCUT2D eigenvalue weighted by atomic mass is 15.6. The summed E-state index contributed by atoms with van der Waals surface area (Å²) in [5, 5.41) is 12.0. The molecular weight excluding hydrogens is 204 g/mol. The van der Waals surface area contributed by atoms with Gasteiger partial charge in [-0.25, -0.2) is 0 Å². The Balaban J connectivity index is 2.48. The van der Waals surface area contributed by atoms with Gasteiger partial charge in [0.2, 0.25) is 0 Å². The van der Waals surface area contributed by atoms with Crippen LogP contribution in [-0.2, 0) is 13.6 Å². The van der Waals surface area contributed by atoms with Gasteiger partial charge in [-0.1, -0.05) is 13.8 Å². The molecule has 16 heavy (non-hydrogen) atoms. The van der Waals surface area contributed by atoms with Crippen LogP contribution in [0.15, 0.2) is 0 Å². The molecule has 1 aromatic heterocycles. The molecule has 2 N–H and O–H groups in total. The summed E-state index contributed by atoms with van der Waals surface area (Å²) in [4.78, 5) is 3.82. The van der Waals surface area contributed by atoms with Gasteiger partial charge in [-0.3, -0.25) is 4.90 Å². The van der Waals surface area contributed by atoms with E-state index in [-0.39, 0.29) is 0 Å². The molecule has 0 aliphatic rings. The van der Waals surface area contributed by atoms with Crippen molar-refractivity contribution < 1.29 is 0 Å². The zero-order valence-corrected chi connectivity index (χ0v) is 10.4. The number of hydrogen-bond acceptors (Lipinski definition) is 5. The van der Waals surface area contributed by atoms with E-state index >= 15 is 0 Å². The first-order valence-corrected chi connectivity index (χ1v) is 5.77. The summed E-state index contributed by atoms with van der Waals surface area (Å²) in [6, 6.07) is 0. The van der Waals surface area contributed by atoms with Crippen molar-refractivity contribution in [1.29, 1.82) is 0 Å². The summed E-state index contributed by atoms with van der Waals surface area (Å²) >= 11 is 0. The molecule has 0 aromatic carbocycles. The van der Waals surface area contributed by atoms with Crippen LogP contribution in [0.5, 0.6) is 0 Å². The van der Waals surface area contributed by atoms with Crippen LogP contribution in [0.3, 0.4) is 0 Å². The SMILES string of the molecule is CC(C)CN(CCCN)Cc1nnn(C)n1. The third kappa shape index (κ3) is 4.67. The average molecular weight is 226 g/mol. The number of rotatable bonds is 7. The molecule has 0 saturated heterocycles. The first-order valence-electron chi connectivity index (χ1n) is 5.77. The molecular formula is C10H22N6. The van der Waals surface area contributed by atoms with Crippen LogP contribution in [-0.4, -0.2) is 44.7 Å². The molecule has 1 aromatic rings. The summed E-state index contributed by atoms with van der Waals surface area (Å²) in [6.07, 6.45) is 1.01. The molecule has 0 atom stereocenters. The van der Waals surface area contributed by atoms with E-state index in [1.54, 1.807) is 7.05 Å². The topological polar surface area (TPSA) is 72.9 Å². The third-order valence-electron chi connectivity index (χ3n) is 2.22. The fourth-order valence-electron chi connectivity index (χ4n) is 1.65. The lowest BCUT2D eigenvalue weighted by Gasteiger charge is -2.22. The normalized spacial score (nSPS) is 11.6. The molecule has 6 nitrogen and oxygen atoms in total. The van der Waals surface area contributed by atoms with E-state index in [2.05, 4.69) is 34.2 Å². The van der Waals surface area contributed by atoms with Crippen molar-refractivity contribution in [2.24, 2.45) is 18.7 Å². The number of nitrogens with zero attached hydrogens (tertiary/aromatic N) is 5. The Bertz CT molecular complexity index is 295. The third-order valence-corrected chi connectivity index (χ3v) is 2.22. The number of hydrogen-bond donors (Lipinski definition) is 1. The Labute approximate surface area is 96.8 Å². The van der Waals surface area contributed by atoms with Gasteiger partial charge in [0.25, 0.3) is 0 Å². The fraction of sp³-hybridized carbons (Fsp3) is 0.900. The minimum atomic E-state index is 0.634. The van der Waals surface area contributed by atoms with Crippen LogP contribution >= 0.6 is 0 Å². The number of tetrazole rings is 1. The zero-order valence-electron chi connectivity index (χ0n) is 10.4. The largest absolute Gasteiger partial charge is 0.330 e. The maximum Gasteiger partial charge on any atom is 0.188 e. The quantitative estimate of drug-likeness (QED) is 0.709. The summed E-state index contributed by atoms with van der Waals surface area (Å²) in [5.41, 5.74) is 5.53. The van der Waals surface area contributed by atoms with E-state index in [0.29, 0.717) is 5.92 Å². The first-order chi connectivity index (χ1) is 7.61. The highest BCUT2D eigenvalue weighted by molar-refractivity contribution is 4.77. The Morgan fingerprint density at radius 3 is 2.69 bits per heavy atom. The smallest absolute Gasteiger partial charge is 0.188 e. The van der Waals surface area contributed by atoms with Gasteiger partial charge < -0.3 is 5.73 Å². The predicted molar refractivity (Wildman–Crippen MR) is 62.6 cm³/mol. The van der Waals surface area contributed by atoms with Crippen LogP contribution in [0.4, 0.5) is 0 Å². The monoisotopic (exact) mass is 226 g/mol. The number of nitrogens with two attached hydrogens (primary N) is 1. The van der Waals surface area contributed by atoms with Crippen LogP contribution in [0.1, 0.15) is 26.1 Å². The van der Waals surface area contributed by atoms with Crippen molar-refractivity contribution in [2.45, 2.75) is 26.8 Å². The van der Waals surface area contributed by atoms with Crippen molar-refractivity contribution >= 4 is 0 Å². The van der Waals surface area contributed by atoms with Gasteiger partial charge in [0.05, 0.1) is 13.6 Å². The lowest BCUT2D eigenvalue weighted by Crippen LogP contribution is -2.30. The molecule has 0 aliphatic heterocycles. The molecule has 0 radical (unpaired) electrons. The first kappa shape index (κ1) is 13.1. The van der Waals surface area contributed by atoms with Gasteiger partial charge in [0.1, 0.15) is 0 Å². The molecule has 1 rings (SSSR count). The van der Waals surface area contributed by atoms with Crippen molar-refractivity contribution in [2.75, 3.05) is 19.6 Å². The van der Waals surface area contributed by atoms with Crippen LogP contribution in [0, 0.1) is 5.92 Å². The number of aromatic nitrogens is 4. The van der Waals surface area contributed by atoms with Gasteiger partial charge in [0, 0.05) is 6.54 Å². The summed E-state index contributed by atoms with van der Waals surface area (Å²) in [5.74, 6) is 1.41.